The van der Waals surface area contributed by atoms with Gasteiger partial charge in [-0.3, -0.25) is 0 Å². The van der Waals surface area contributed by atoms with Gasteiger partial charge in [0.25, 0.3) is 0 Å². The lowest BCUT2D eigenvalue weighted by atomic mass is 9.61. The van der Waals surface area contributed by atoms with E-state index in [0.29, 0.717) is 30.4 Å². The highest BCUT2D eigenvalue weighted by Crippen LogP contribution is 2.56. The summed E-state index contributed by atoms with van der Waals surface area (Å²) < 4.78 is 5.53. The smallest absolute Gasteiger partial charge is 0.333 e. The van der Waals surface area contributed by atoms with Gasteiger partial charge in [0, 0.05) is 28.2 Å². The molecule has 0 aromatic heterocycles. The number of esters is 1. The third-order valence-electron chi connectivity index (χ3n) is 14.1. The van der Waals surface area contributed by atoms with Gasteiger partial charge < -0.3 is 4.74 Å². The van der Waals surface area contributed by atoms with Gasteiger partial charge in [-0.2, -0.15) is 0 Å². The van der Waals surface area contributed by atoms with Crippen LogP contribution in [0.15, 0.2) is 180 Å². The highest BCUT2D eigenvalue weighted by atomic mass is 16.5. The van der Waals surface area contributed by atoms with E-state index in [4.69, 9.17) is 4.74 Å². The van der Waals surface area contributed by atoms with Crippen LogP contribution in [0.4, 0.5) is 0 Å². The van der Waals surface area contributed by atoms with Crippen molar-refractivity contribution < 1.29 is 9.53 Å². The van der Waals surface area contributed by atoms with Crippen molar-refractivity contribution in [1.82, 2.24) is 0 Å². The van der Waals surface area contributed by atoms with Gasteiger partial charge in [-0.15, -0.1) is 6.58 Å². The highest BCUT2D eigenvalue weighted by Gasteiger charge is 2.43. The maximum absolute atomic E-state index is 12.2. The molecular formula is C57H52O2. The molecule has 0 aliphatic heterocycles. The minimum atomic E-state index is -0.385. The fourth-order valence-electron chi connectivity index (χ4n) is 10.9. The number of allylic oxidation sites excluding steroid dienone is 15. The van der Waals surface area contributed by atoms with Gasteiger partial charge in [-0.1, -0.05) is 157 Å². The van der Waals surface area contributed by atoms with E-state index in [9.17, 15) is 4.79 Å². The second kappa shape index (κ2) is 13.3. The average molecular weight is 769 g/mol. The van der Waals surface area contributed by atoms with Crippen molar-refractivity contribution in [3.05, 3.63) is 208 Å². The maximum atomic E-state index is 12.2. The van der Waals surface area contributed by atoms with Crippen molar-refractivity contribution in [3.63, 3.8) is 0 Å². The number of carbonyl (C=O) groups is 1. The van der Waals surface area contributed by atoms with Gasteiger partial charge in [0.15, 0.2) is 0 Å². The maximum Gasteiger partial charge on any atom is 0.333 e. The van der Waals surface area contributed by atoms with Crippen LogP contribution in [0.1, 0.15) is 82.2 Å². The Labute approximate surface area is 350 Å². The fourth-order valence-corrected chi connectivity index (χ4v) is 10.9. The summed E-state index contributed by atoms with van der Waals surface area (Å²) in [4.78, 5) is 12.2. The molecule has 4 aromatic rings. The summed E-state index contributed by atoms with van der Waals surface area (Å²) in [5, 5.41) is 0. The van der Waals surface area contributed by atoms with Crippen LogP contribution >= 0.6 is 0 Å². The number of hydrogen-bond donors (Lipinski definition) is 0. The zero-order chi connectivity index (χ0) is 41.0. The molecule has 0 heterocycles. The number of benzene rings is 4. The molecule has 0 saturated carbocycles. The van der Waals surface area contributed by atoms with Crippen molar-refractivity contribution in [2.24, 2.45) is 17.3 Å². The SMILES string of the molecule is C=CC1(CCCOC(=O)C(=C)C)c2ccccc2-c2ccc(-c3ccc4c(c3)C(C)(C)c3cc(C5=CC=C6C=CC7=CC(C(C)(C)C)=CC8=CC=C5C6C87)ccc3-4)cc21. The van der Waals surface area contributed by atoms with E-state index >= 15 is 0 Å². The lowest BCUT2D eigenvalue weighted by molar-refractivity contribution is -0.139. The fraction of sp³-hybridized carbons (Fsp3) is 0.246. The van der Waals surface area contributed by atoms with Crippen molar-refractivity contribution in [3.8, 4) is 33.4 Å². The van der Waals surface area contributed by atoms with Crippen LogP contribution in [0.2, 0.25) is 0 Å². The molecule has 59 heavy (non-hydrogen) atoms. The normalized spacial score (nSPS) is 22.2. The van der Waals surface area contributed by atoms with Crippen LogP contribution in [0.3, 0.4) is 0 Å². The third kappa shape index (κ3) is 5.63. The minimum absolute atomic E-state index is 0.107. The van der Waals surface area contributed by atoms with Crippen molar-refractivity contribution in [2.45, 2.75) is 65.2 Å². The molecule has 3 atom stereocenters. The van der Waals surface area contributed by atoms with E-state index in [2.05, 4.69) is 181 Å². The summed E-state index contributed by atoms with van der Waals surface area (Å²) in [6, 6.07) is 29.9. The van der Waals surface area contributed by atoms with Gasteiger partial charge in [-0.25, -0.2) is 4.79 Å². The molecule has 0 saturated heterocycles. The zero-order valence-corrected chi connectivity index (χ0v) is 35.2. The molecule has 0 spiro atoms. The van der Waals surface area contributed by atoms with Crippen LogP contribution < -0.4 is 0 Å². The Morgan fingerprint density at radius 2 is 1.32 bits per heavy atom. The van der Waals surface area contributed by atoms with Crippen molar-refractivity contribution in [2.75, 3.05) is 6.61 Å². The minimum Gasteiger partial charge on any atom is -0.462 e. The predicted octanol–water partition coefficient (Wildman–Crippen LogP) is 13.9. The largest absolute Gasteiger partial charge is 0.462 e. The first-order valence-corrected chi connectivity index (χ1v) is 21.3. The third-order valence-corrected chi connectivity index (χ3v) is 14.1. The average Bonchev–Trinajstić information content (AvgIpc) is 3.64. The molecule has 2 heteroatoms. The number of fused-ring (bicyclic) bond motifs is 6. The first-order valence-electron chi connectivity index (χ1n) is 21.3. The Bertz CT molecular complexity index is 2790. The Morgan fingerprint density at radius 1 is 0.712 bits per heavy atom. The van der Waals surface area contributed by atoms with Gasteiger partial charge >= 0.3 is 5.97 Å². The second-order valence-corrected chi connectivity index (χ2v) is 19.0. The summed E-state index contributed by atoms with van der Waals surface area (Å²) in [7, 11) is 0. The molecule has 3 unspecified atom stereocenters. The number of carbonyl (C=O) groups excluding carboxylic acids is 1. The first-order chi connectivity index (χ1) is 28.3. The van der Waals surface area contributed by atoms with E-state index in [0.717, 1.165) is 6.42 Å². The lowest BCUT2D eigenvalue weighted by Gasteiger charge is -2.42. The first kappa shape index (κ1) is 37.3. The molecule has 10 rings (SSSR count). The monoisotopic (exact) mass is 768 g/mol. The number of ether oxygens (including phenoxy) is 1. The summed E-state index contributed by atoms with van der Waals surface area (Å²) >= 11 is 0. The molecule has 6 aliphatic carbocycles. The summed E-state index contributed by atoms with van der Waals surface area (Å²) in [5.41, 5.74) is 22.5. The Morgan fingerprint density at radius 3 is 2.02 bits per heavy atom. The van der Waals surface area contributed by atoms with Gasteiger partial charge in [0.2, 0.25) is 0 Å². The van der Waals surface area contributed by atoms with E-state index in [-0.39, 0.29) is 22.2 Å². The number of hydrogen-bond acceptors (Lipinski definition) is 2. The Kier molecular flexibility index (Phi) is 8.38. The van der Waals surface area contributed by atoms with Crippen molar-refractivity contribution in [1.29, 1.82) is 0 Å². The second-order valence-electron chi connectivity index (χ2n) is 19.0. The van der Waals surface area contributed by atoms with Gasteiger partial charge in [0.1, 0.15) is 0 Å². The molecular weight excluding hydrogens is 717 g/mol. The van der Waals surface area contributed by atoms with E-state index in [1.165, 1.54) is 94.6 Å². The molecule has 0 fully saturated rings. The lowest BCUT2D eigenvalue weighted by Crippen LogP contribution is -2.30. The van der Waals surface area contributed by atoms with Crippen molar-refractivity contribution >= 4 is 11.5 Å². The van der Waals surface area contributed by atoms with E-state index in [1.54, 1.807) is 6.92 Å². The molecule has 0 bridgehead atoms. The van der Waals surface area contributed by atoms with Crippen LogP contribution in [-0.4, -0.2) is 12.6 Å². The van der Waals surface area contributed by atoms with Crippen LogP contribution in [0.25, 0.3) is 39.0 Å². The predicted molar refractivity (Wildman–Crippen MR) is 245 cm³/mol. The summed E-state index contributed by atoms with van der Waals surface area (Å²) in [6.45, 7) is 21.9. The quantitative estimate of drug-likeness (QED) is 0.0772. The standard InChI is InChI=1S/C57H52O2/c1-9-57(27-12-28-59-54(58)34(2)3)48-14-11-10-13-43(48)46-24-19-37(32-51(46)57)36-18-23-44-45-25-20-38(33-50(45)56(7,8)49(44)31-36)42-22-17-35-15-16-39-29-41(55(4,5)6)30-40-21-26-47(42)53(35)52(39)40/h9-11,13-26,29-33,52-53H,1-2,12,27-28H2,3-8H3. The topological polar surface area (TPSA) is 26.3 Å². The van der Waals surface area contributed by atoms with Gasteiger partial charge in [0.05, 0.1) is 6.61 Å². The highest BCUT2D eigenvalue weighted by molar-refractivity contribution is 5.91. The molecule has 0 radical (unpaired) electrons. The Hall–Kier alpha value is -5.99. The summed E-state index contributed by atoms with van der Waals surface area (Å²) in [5.74, 6) is 0.365. The van der Waals surface area contributed by atoms with Crippen LogP contribution in [0, 0.1) is 17.3 Å². The molecule has 2 nitrogen and oxygen atoms in total. The van der Waals surface area contributed by atoms with Crippen LogP contribution in [0.5, 0.6) is 0 Å². The molecule has 6 aliphatic rings. The molecule has 292 valence electrons. The van der Waals surface area contributed by atoms with E-state index < -0.39 is 0 Å². The number of rotatable bonds is 8. The zero-order valence-electron chi connectivity index (χ0n) is 35.2. The summed E-state index contributed by atoms with van der Waals surface area (Å²) in [6.07, 6.45) is 22.7. The molecule has 0 amide bonds. The molecule has 0 N–H and O–H groups in total. The van der Waals surface area contributed by atoms with E-state index in [1.807, 2.05) is 0 Å². The molecule has 4 aromatic carbocycles. The Balaban J connectivity index is 0.982. The van der Waals surface area contributed by atoms with Crippen LogP contribution in [-0.2, 0) is 20.4 Å². The van der Waals surface area contributed by atoms with Gasteiger partial charge in [-0.05, 0) is 138 Å².